The molecule has 0 unspecified atom stereocenters. The average Bonchev–Trinajstić information content (AvgIpc) is 2.85. The molecule has 6 heteroatoms. The number of aliphatic hydroxyl groups excluding tert-OH is 1. The molecule has 102 valence electrons. The van der Waals surface area contributed by atoms with Gasteiger partial charge in [0.05, 0.1) is 17.3 Å². The third-order valence-corrected chi connectivity index (χ3v) is 2.60. The van der Waals surface area contributed by atoms with Gasteiger partial charge < -0.3 is 10.4 Å². The molecule has 0 fully saturated rings. The third kappa shape index (κ3) is 3.02. The van der Waals surface area contributed by atoms with Gasteiger partial charge in [0.2, 0.25) is 0 Å². The predicted octanol–water partition coefficient (Wildman–Crippen LogP) is 1.45. The fraction of sp³-hybridized carbons (Fsp3) is 0.143. The summed E-state index contributed by atoms with van der Waals surface area (Å²) in [5.41, 5.74) is 1.59. The van der Waals surface area contributed by atoms with Crippen molar-refractivity contribution in [2.24, 2.45) is 0 Å². The van der Waals surface area contributed by atoms with E-state index in [1.165, 1.54) is 24.4 Å². The average molecular weight is 273 g/mol. The van der Waals surface area contributed by atoms with Crippen LogP contribution < -0.4 is 5.32 Å². The third-order valence-electron chi connectivity index (χ3n) is 2.60. The number of aromatic nitrogens is 2. The molecule has 0 aliphatic rings. The summed E-state index contributed by atoms with van der Waals surface area (Å²) in [6.45, 7) is 1.37. The number of hydrogen-bond donors (Lipinski definition) is 3. The van der Waals surface area contributed by atoms with Crippen LogP contribution in [0.5, 0.6) is 0 Å². The predicted molar refractivity (Wildman–Crippen MR) is 71.6 cm³/mol. The lowest BCUT2D eigenvalue weighted by Crippen LogP contribution is -2.12. The number of H-pyrrole nitrogens is 1. The monoisotopic (exact) mass is 273 g/mol. The van der Waals surface area contributed by atoms with Gasteiger partial charge in [0, 0.05) is 11.4 Å². The van der Waals surface area contributed by atoms with Crippen LogP contribution in [0.15, 0.2) is 24.4 Å². The fourth-order valence-corrected chi connectivity index (χ4v) is 1.61. The van der Waals surface area contributed by atoms with Gasteiger partial charge >= 0.3 is 0 Å². The maximum Gasteiger partial charge on any atom is 0.259 e. The highest BCUT2D eigenvalue weighted by Crippen LogP contribution is 2.15. The van der Waals surface area contributed by atoms with Crippen LogP contribution in [0.25, 0.3) is 0 Å². The summed E-state index contributed by atoms with van der Waals surface area (Å²) in [7, 11) is 0. The topological polar surface area (TPSA) is 78.0 Å². The number of hydrogen-bond acceptors (Lipinski definition) is 3. The number of anilines is 1. The second kappa shape index (κ2) is 5.99. The molecule has 1 heterocycles. The van der Waals surface area contributed by atoms with Gasteiger partial charge in [0.15, 0.2) is 0 Å². The second-order valence-electron chi connectivity index (χ2n) is 4.02. The molecular weight excluding hydrogens is 261 g/mol. The van der Waals surface area contributed by atoms with Gasteiger partial charge in [-0.15, -0.1) is 0 Å². The number of nitrogens with one attached hydrogen (secondary N) is 2. The molecule has 1 amide bonds. The van der Waals surface area contributed by atoms with Gasteiger partial charge in [0.1, 0.15) is 12.4 Å². The van der Waals surface area contributed by atoms with E-state index in [2.05, 4.69) is 27.4 Å². The normalized spacial score (nSPS) is 9.75. The number of nitrogens with zero attached hydrogens (tertiary/aromatic N) is 1. The molecule has 0 saturated heterocycles. The van der Waals surface area contributed by atoms with Crippen LogP contribution in [-0.2, 0) is 0 Å². The Morgan fingerprint density at radius 1 is 1.55 bits per heavy atom. The molecule has 2 rings (SSSR count). The largest absolute Gasteiger partial charge is 0.384 e. The summed E-state index contributed by atoms with van der Waals surface area (Å²) < 4.78 is 13.5. The highest BCUT2D eigenvalue weighted by molar-refractivity contribution is 6.04. The van der Waals surface area contributed by atoms with Crippen molar-refractivity contribution in [3.05, 3.63) is 47.0 Å². The zero-order valence-corrected chi connectivity index (χ0v) is 10.7. The molecule has 0 aliphatic heterocycles. The number of aryl methyl sites for hydroxylation is 1. The quantitative estimate of drug-likeness (QED) is 0.725. The molecule has 0 aliphatic carbocycles. The molecule has 5 nitrogen and oxygen atoms in total. The minimum Gasteiger partial charge on any atom is -0.384 e. The molecule has 0 atom stereocenters. The first-order valence-corrected chi connectivity index (χ1v) is 5.82. The number of aromatic amines is 1. The summed E-state index contributed by atoms with van der Waals surface area (Å²) in [6.07, 6.45) is 1.42. The maximum atomic E-state index is 13.5. The molecule has 0 bridgehead atoms. The van der Waals surface area contributed by atoms with E-state index in [-0.39, 0.29) is 18.1 Å². The van der Waals surface area contributed by atoms with Crippen molar-refractivity contribution in [3.63, 3.8) is 0 Å². The zero-order chi connectivity index (χ0) is 14.5. The number of aliphatic hydroxyl groups is 1. The molecule has 3 N–H and O–H groups in total. The Hall–Kier alpha value is -2.65. The Labute approximate surface area is 114 Å². The van der Waals surface area contributed by atoms with Crippen LogP contribution in [0.3, 0.4) is 0 Å². The Balaban J connectivity index is 2.22. The first-order chi connectivity index (χ1) is 9.61. The number of rotatable bonds is 2. The second-order valence-corrected chi connectivity index (χ2v) is 4.02. The molecule has 1 aromatic heterocycles. The van der Waals surface area contributed by atoms with Crippen molar-refractivity contribution >= 4 is 11.6 Å². The van der Waals surface area contributed by atoms with Gasteiger partial charge in [0.25, 0.3) is 5.91 Å². The highest BCUT2D eigenvalue weighted by Gasteiger charge is 2.11. The lowest BCUT2D eigenvalue weighted by atomic mass is 10.1. The van der Waals surface area contributed by atoms with Crippen molar-refractivity contribution in [2.75, 3.05) is 11.9 Å². The lowest BCUT2D eigenvalue weighted by Gasteiger charge is -2.05. The SMILES string of the molecule is Cc1[nH]ncc1C(=O)Nc1ccc(F)c(C#CCO)c1. The van der Waals surface area contributed by atoms with Crippen LogP contribution in [0.2, 0.25) is 0 Å². The zero-order valence-electron chi connectivity index (χ0n) is 10.7. The van der Waals surface area contributed by atoms with Crippen LogP contribution in [-0.4, -0.2) is 27.8 Å². The molecule has 0 spiro atoms. The van der Waals surface area contributed by atoms with Crippen molar-refractivity contribution < 1.29 is 14.3 Å². The van der Waals surface area contributed by atoms with Crippen molar-refractivity contribution in [2.45, 2.75) is 6.92 Å². The van der Waals surface area contributed by atoms with Gasteiger partial charge in [-0.3, -0.25) is 9.89 Å². The number of amides is 1. The highest BCUT2D eigenvalue weighted by atomic mass is 19.1. The Bertz CT molecular complexity index is 698. The number of benzene rings is 1. The summed E-state index contributed by atoms with van der Waals surface area (Å²) in [5.74, 6) is 3.98. The smallest absolute Gasteiger partial charge is 0.259 e. The molecule has 0 saturated carbocycles. The van der Waals surface area contributed by atoms with Crippen LogP contribution in [0.4, 0.5) is 10.1 Å². The molecule has 0 radical (unpaired) electrons. The van der Waals surface area contributed by atoms with E-state index in [1.54, 1.807) is 6.92 Å². The van der Waals surface area contributed by atoms with E-state index in [0.29, 0.717) is 16.9 Å². The van der Waals surface area contributed by atoms with Crippen molar-refractivity contribution in [3.8, 4) is 11.8 Å². The summed E-state index contributed by atoms with van der Waals surface area (Å²) >= 11 is 0. The Kier molecular flexibility index (Phi) is 4.13. The van der Waals surface area contributed by atoms with E-state index >= 15 is 0 Å². The van der Waals surface area contributed by atoms with Gasteiger partial charge in [-0.05, 0) is 25.1 Å². The first-order valence-electron chi connectivity index (χ1n) is 5.82. The summed E-state index contributed by atoms with van der Waals surface area (Å²) in [6, 6.07) is 4.05. The van der Waals surface area contributed by atoms with E-state index < -0.39 is 5.82 Å². The minimum absolute atomic E-state index is 0.112. The number of halogens is 1. The molecule has 20 heavy (non-hydrogen) atoms. The van der Waals surface area contributed by atoms with Crippen LogP contribution in [0, 0.1) is 24.6 Å². The molecular formula is C14H12FN3O2. The number of carbonyl (C=O) groups is 1. The van der Waals surface area contributed by atoms with E-state index in [1.807, 2.05) is 0 Å². The van der Waals surface area contributed by atoms with Crippen molar-refractivity contribution in [1.82, 2.24) is 10.2 Å². The van der Waals surface area contributed by atoms with E-state index in [0.717, 1.165) is 0 Å². The standard InChI is InChI=1S/C14H12FN3O2/c1-9-12(8-16-18-9)14(20)17-11-4-5-13(15)10(7-11)3-2-6-19/h4-5,7-8,19H,6H2,1H3,(H,16,18)(H,17,20). The van der Waals surface area contributed by atoms with E-state index in [9.17, 15) is 9.18 Å². The summed E-state index contributed by atoms with van der Waals surface area (Å²) in [5, 5.41) is 17.7. The Morgan fingerprint density at radius 2 is 2.35 bits per heavy atom. The number of carbonyl (C=O) groups excluding carboxylic acids is 1. The fourth-order valence-electron chi connectivity index (χ4n) is 1.61. The Morgan fingerprint density at radius 3 is 3.00 bits per heavy atom. The molecule has 2 aromatic rings. The van der Waals surface area contributed by atoms with Gasteiger partial charge in [-0.1, -0.05) is 11.8 Å². The molecule has 1 aromatic carbocycles. The van der Waals surface area contributed by atoms with Crippen molar-refractivity contribution in [1.29, 1.82) is 0 Å². The van der Waals surface area contributed by atoms with E-state index in [4.69, 9.17) is 5.11 Å². The first kappa shape index (κ1) is 13.8. The van der Waals surface area contributed by atoms with Crippen LogP contribution in [0.1, 0.15) is 21.6 Å². The summed E-state index contributed by atoms with van der Waals surface area (Å²) in [4.78, 5) is 12.0. The maximum absolute atomic E-state index is 13.5. The van der Waals surface area contributed by atoms with Gasteiger partial charge in [-0.25, -0.2) is 4.39 Å². The van der Waals surface area contributed by atoms with Crippen LogP contribution >= 0.6 is 0 Å². The minimum atomic E-state index is -0.511. The van der Waals surface area contributed by atoms with Gasteiger partial charge in [-0.2, -0.15) is 5.10 Å². The lowest BCUT2D eigenvalue weighted by molar-refractivity contribution is 0.102.